The molecule has 1 aliphatic carbocycles. The van der Waals surface area contributed by atoms with E-state index in [1.807, 2.05) is 17.9 Å². The summed E-state index contributed by atoms with van der Waals surface area (Å²) < 4.78 is 1.88. The van der Waals surface area contributed by atoms with Gasteiger partial charge in [-0.05, 0) is 25.8 Å². The highest BCUT2D eigenvalue weighted by molar-refractivity contribution is 5.02. The van der Waals surface area contributed by atoms with Crippen molar-refractivity contribution in [1.29, 1.82) is 0 Å². The van der Waals surface area contributed by atoms with Crippen molar-refractivity contribution in [3.63, 3.8) is 0 Å². The molecule has 1 aromatic heterocycles. The van der Waals surface area contributed by atoms with Gasteiger partial charge in [0.1, 0.15) is 0 Å². The Morgan fingerprint density at radius 1 is 1.38 bits per heavy atom. The van der Waals surface area contributed by atoms with Crippen molar-refractivity contribution in [2.24, 2.45) is 13.0 Å². The van der Waals surface area contributed by atoms with E-state index in [2.05, 4.69) is 23.2 Å². The third-order valence-electron chi connectivity index (χ3n) is 3.51. The fourth-order valence-electron chi connectivity index (χ4n) is 2.74. The highest BCUT2D eigenvalue weighted by Gasteiger charge is 2.15. The average molecular weight is 221 g/mol. The summed E-state index contributed by atoms with van der Waals surface area (Å²) >= 11 is 0. The molecule has 1 fully saturated rings. The molecule has 0 radical (unpaired) electrons. The standard InChI is InChI=1S/C13H23N3/c1-15(9-12-6-4-3-5-7-12)10-13-8-14-16(2)11-13/h8,11-12H,3-7,9-10H2,1-2H3. The lowest BCUT2D eigenvalue weighted by molar-refractivity contribution is 0.228. The minimum Gasteiger partial charge on any atom is -0.302 e. The molecule has 0 bridgehead atoms. The van der Waals surface area contributed by atoms with Crippen LogP contribution >= 0.6 is 0 Å². The molecule has 0 aromatic carbocycles. The SMILES string of the molecule is CN(Cc1cnn(C)c1)CC1CCCCC1. The van der Waals surface area contributed by atoms with Crippen LogP contribution in [-0.2, 0) is 13.6 Å². The summed E-state index contributed by atoms with van der Waals surface area (Å²) in [6, 6.07) is 0. The van der Waals surface area contributed by atoms with Gasteiger partial charge < -0.3 is 4.90 Å². The van der Waals surface area contributed by atoms with Crippen molar-refractivity contribution in [2.75, 3.05) is 13.6 Å². The number of aromatic nitrogens is 2. The maximum Gasteiger partial charge on any atom is 0.0534 e. The predicted molar refractivity (Wildman–Crippen MR) is 66.1 cm³/mol. The van der Waals surface area contributed by atoms with Crippen molar-refractivity contribution in [3.05, 3.63) is 18.0 Å². The first-order valence-corrected chi connectivity index (χ1v) is 6.40. The topological polar surface area (TPSA) is 21.1 Å². The van der Waals surface area contributed by atoms with Gasteiger partial charge in [0, 0.05) is 31.9 Å². The molecule has 0 spiro atoms. The Labute approximate surface area is 98.4 Å². The summed E-state index contributed by atoms with van der Waals surface area (Å²) in [5.74, 6) is 0.926. The van der Waals surface area contributed by atoms with Crippen LogP contribution in [0.2, 0.25) is 0 Å². The van der Waals surface area contributed by atoms with E-state index in [0.29, 0.717) is 0 Å². The van der Waals surface area contributed by atoms with Gasteiger partial charge in [-0.1, -0.05) is 19.3 Å². The molecule has 90 valence electrons. The van der Waals surface area contributed by atoms with E-state index in [4.69, 9.17) is 0 Å². The molecule has 2 rings (SSSR count). The second kappa shape index (κ2) is 5.48. The Kier molecular flexibility index (Phi) is 3.99. The van der Waals surface area contributed by atoms with Crippen LogP contribution < -0.4 is 0 Å². The van der Waals surface area contributed by atoms with Gasteiger partial charge in [-0.3, -0.25) is 4.68 Å². The first-order valence-electron chi connectivity index (χ1n) is 6.40. The zero-order chi connectivity index (χ0) is 11.4. The summed E-state index contributed by atoms with van der Waals surface area (Å²) in [5.41, 5.74) is 1.32. The van der Waals surface area contributed by atoms with Gasteiger partial charge >= 0.3 is 0 Å². The summed E-state index contributed by atoms with van der Waals surface area (Å²) in [6.45, 7) is 2.28. The molecule has 1 aliphatic rings. The van der Waals surface area contributed by atoms with Crippen LogP contribution in [0.4, 0.5) is 0 Å². The molecule has 0 N–H and O–H groups in total. The molecular formula is C13H23N3. The first kappa shape index (κ1) is 11.6. The molecule has 0 aliphatic heterocycles. The predicted octanol–water partition coefficient (Wildman–Crippen LogP) is 2.43. The lowest BCUT2D eigenvalue weighted by Gasteiger charge is -2.26. The number of hydrogen-bond acceptors (Lipinski definition) is 2. The van der Waals surface area contributed by atoms with Crippen LogP contribution in [0.3, 0.4) is 0 Å². The minimum absolute atomic E-state index is 0.926. The monoisotopic (exact) mass is 221 g/mol. The van der Waals surface area contributed by atoms with Gasteiger partial charge in [0.25, 0.3) is 0 Å². The number of rotatable bonds is 4. The Balaban J connectivity index is 1.77. The van der Waals surface area contributed by atoms with Crippen molar-refractivity contribution in [2.45, 2.75) is 38.6 Å². The Hall–Kier alpha value is -0.830. The molecule has 16 heavy (non-hydrogen) atoms. The van der Waals surface area contributed by atoms with Crippen LogP contribution in [0, 0.1) is 5.92 Å². The molecule has 1 aromatic rings. The maximum absolute atomic E-state index is 4.21. The molecule has 0 saturated heterocycles. The second-order valence-corrected chi connectivity index (χ2v) is 5.22. The van der Waals surface area contributed by atoms with Gasteiger partial charge in [0.2, 0.25) is 0 Å². The van der Waals surface area contributed by atoms with Gasteiger partial charge in [0.05, 0.1) is 6.20 Å². The van der Waals surface area contributed by atoms with Crippen LogP contribution in [0.15, 0.2) is 12.4 Å². The minimum atomic E-state index is 0.926. The normalized spacial score (nSPS) is 18.2. The molecule has 3 nitrogen and oxygen atoms in total. The summed E-state index contributed by atoms with van der Waals surface area (Å²) in [4.78, 5) is 2.44. The maximum atomic E-state index is 4.21. The van der Waals surface area contributed by atoms with Crippen LogP contribution in [-0.4, -0.2) is 28.3 Å². The fraction of sp³-hybridized carbons (Fsp3) is 0.769. The van der Waals surface area contributed by atoms with E-state index in [1.165, 1.54) is 44.2 Å². The second-order valence-electron chi connectivity index (χ2n) is 5.22. The molecule has 3 heteroatoms. The van der Waals surface area contributed by atoms with Gasteiger partial charge in [-0.15, -0.1) is 0 Å². The van der Waals surface area contributed by atoms with E-state index >= 15 is 0 Å². The quantitative estimate of drug-likeness (QED) is 0.778. The van der Waals surface area contributed by atoms with Crippen molar-refractivity contribution < 1.29 is 0 Å². The van der Waals surface area contributed by atoms with Crippen LogP contribution in [0.1, 0.15) is 37.7 Å². The Morgan fingerprint density at radius 3 is 2.75 bits per heavy atom. The zero-order valence-electron chi connectivity index (χ0n) is 10.5. The van der Waals surface area contributed by atoms with Crippen LogP contribution in [0.25, 0.3) is 0 Å². The molecule has 0 atom stereocenters. The highest BCUT2D eigenvalue weighted by Crippen LogP contribution is 2.24. The smallest absolute Gasteiger partial charge is 0.0534 e. The van der Waals surface area contributed by atoms with Gasteiger partial charge in [-0.25, -0.2) is 0 Å². The van der Waals surface area contributed by atoms with Crippen molar-refractivity contribution >= 4 is 0 Å². The summed E-state index contributed by atoms with van der Waals surface area (Å²) in [5, 5.41) is 4.21. The van der Waals surface area contributed by atoms with E-state index in [1.54, 1.807) is 0 Å². The largest absolute Gasteiger partial charge is 0.302 e. The summed E-state index contributed by atoms with van der Waals surface area (Å²) in [7, 11) is 4.20. The Morgan fingerprint density at radius 2 is 2.12 bits per heavy atom. The lowest BCUT2D eigenvalue weighted by Crippen LogP contribution is -2.26. The molecule has 1 saturated carbocycles. The third-order valence-corrected chi connectivity index (χ3v) is 3.51. The molecule has 0 unspecified atom stereocenters. The zero-order valence-corrected chi connectivity index (χ0v) is 10.5. The van der Waals surface area contributed by atoms with Crippen LogP contribution in [0.5, 0.6) is 0 Å². The average Bonchev–Trinajstić information content (AvgIpc) is 2.65. The highest BCUT2D eigenvalue weighted by atomic mass is 15.2. The lowest BCUT2D eigenvalue weighted by atomic mass is 9.89. The molecular weight excluding hydrogens is 198 g/mol. The number of hydrogen-bond donors (Lipinski definition) is 0. The number of nitrogens with zero attached hydrogens (tertiary/aromatic N) is 3. The van der Waals surface area contributed by atoms with Gasteiger partial charge in [0.15, 0.2) is 0 Å². The fourth-order valence-corrected chi connectivity index (χ4v) is 2.74. The first-order chi connectivity index (χ1) is 7.74. The number of aryl methyl sites for hydroxylation is 1. The third kappa shape index (κ3) is 3.34. The van der Waals surface area contributed by atoms with E-state index < -0.39 is 0 Å². The molecule has 0 amide bonds. The molecule has 1 heterocycles. The van der Waals surface area contributed by atoms with E-state index in [-0.39, 0.29) is 0 Å². The van der Waals surface area contributed by atoms with Gasteiger partial charge in [-0.2, -0.15) is 5.10 Å². The van der Waals surface area contributed by atoms with E-state index in [0.717, 1.165) is 12.5 Å². The van der Waals surface area contributed by atoms with E-state index in [9.17, 15) is 0 Å². The Bertz CT molecular complexity index is 313. The van der Waals surface area contributed by atoms with Crippen molar-refractivity contribution in [1.82, 2.24) is 14.7 Å². The summed E-state index contributed by atoms with van der Waals surface area (Å²) in [6.07, 6.45) is 11.3. The van der Waals surface area contributed by atoms with Crippen molar-refractivity contribution in [3.8, 4) is 0 Å².